The van der Waals surface area contributed by atoms with Gasteiger partial charge in [-0.25, -0.2) is 4.39 Å². The summed E-state index contributed by atoms with van der Waals surface area (Å²) in [6.07, 6.45) is 0.373. The van der Waals surface area contributed by atoms with Crippen molar-refractivity contribution in [1.29, 1.82) is 0 Å². The quantitative estimate of drug-likeness (QED) is 0.795. The van der Waals surface area contributed by atoms with Gasteiger partial charge in [-0.1, -0.05) is 19.1 Å². The number of piperazine rings is 1. The highest BCUT2D eigenvalue weighted by atomic mass is 19.1. The third-order valence-corrected chi connectivity index (χ3v) is 5.18. The molecule has 2 aromatic carbocycles. The van der Waals surface area contributed by atoms with E-state index in [0.29, 0.717) is 43.9 Å². The minimum Gasteiger partial charge on any atom is -0.497 e. The molecule has 6 heteroatoms. The van der Waals surface area contributed by atoms with Crippen LogP contribution in [-0.2, 0) is 4.79 Å². The number of carbonyl (C=O) groups excluding carboxylic acids is 2. The molecule has 2 aromatic rings. The lowest BCUT2D eigenvalue weighted by Crippen LogP contribution is -2.50. The van der Waals surface area contributed by atoms with Gasteiger partial charge in [0.1, 0.15) is 11.6 Å². The zero-order chi connectivity index (χ0) is 20.1. The van der Waals surface area contributed by atoms with Crippen molar-refractivity contribution in [3.63, 3.8) is 0 Å². The summed E-state index contributed by atoms with van der Waals surface area (Å²) in [5.74, 6) is 0.483. The van der Waals surface area contributed by atoms with Crippen LogP contribution in [0.5, 0.6) is 5.75 Å². The lowest BCUT2D eigenvalue weighted by atomic mass is 9.97. The van der Waals surface area contributed by atoms with E-state index in [-0.39, 0.29) is 23.5 Å². The van der Waals surface area contributed by atoms with Crippen LogP contribution >= 0.6 is 0 Å². The van der Waals surface area contributed by atoms with Gasteiger partial charge in [0.15, 0.2) is 0 Å². The average Bonchev–Trinajstić information content (AvgIpc) is 2.73. The minimum absolute atomic E-state index is 0.0204. The lowest BCUT2D eigenvalue weighted by molar-refractivity contribution is -0.133. The molecule has 148 valence electrons. The van der Waals surface area contributed by atoms with Crippen molar-refractivity contribution in [3.8, 4) is 5.75 Å². The summed E-state index contributed by atoms with van der Waals surface area (Å²) in [6, 6.07) is 13.3. The zero-order valence-electron chi connectivity index (χ0n) is 16.2. The van der Waals surface area contributed by atoms with Crippen LogP contribution in [0.2, 0.25) is 0 Å². The minimum atomic E-state index is -0.278. The number of rotatable bonds is 5. The Balaban J connectivity index is 1.51. The first-order valence-corrected chi connectivity index (χ1v) is 9.44. The Morgan fingerprint density at radius 1 is 0.964 bits per heavy atom. The maximum atomic E-state index is 13.1. The van der Waals surface area contributed by atoms with E-state index in [4.69, 9.17) is 4.74 Å². The summed E-state index contributed by atoms with van der Waals surface area (Å²) in [6.45, 7) is 4.05. The Kier molecular flexibility index (Phi) is 6.29. The fourth-order valence-corrected chi connectivity index (χ4v) is 3.38. The maximum Gasteiger partial charge on any atom is 0.253 e. The SMILES string of the molecule is COc1ccc(C(=O)N2CCN(C(=O)CC(C)c3ccc(F)cc3)CC2)cc1. The Morgan fingerprint density at radius 3 is 2.11 bits per heavy atom. The predicted molar refractivity (Wildman–Crippen MR) is 105 cm³/mol. The van der Waals surface area contributed by atoms with E-state index in [1.165, 1.54) is 12.1 Å². The third-order valence-electron chi connectivity index (χ3n) is 5.18. The third kappa shape index (κ3) is 4.68. The normalized spacial score (nSPS) is 15.2. The topological polar surface area (TPSA) is 49.9 Å². The average molecular weight is 384 g/mol. The largest absolute Gasteiger partial charge is 0.497 e. The summed E-state index contributed by atoms with van der Waals surface area (Å²) in [5, 5.41) is 0. The number of methoxy groups -OCH3 is 1. The number of hydrogen-bond donors (Lipinski definition) is 0. The van der Waals surface area contributed by atoms with Gasteiger partial charge in [0.05, 0.1) is 7.11 Å². The Labute approximate surface area is 164 Å². The first kappa shape index (κ1) is 19.9. The number of hydrogen-bond acceptors (Lipinski definition) is 3. The maximum absolute atomic E-state index is 13.1. The van der Waals surface area contributed by atoms with Crippen molar-refractivity contribution in [2.45, 2.75) is 19.3 Å². The van der Waals surface area contributed by atoms with E-state index >= 15 is 0 Å². The molecule has 1 fully saturated rings. The standard InChI is InChI=1S/C22H25FN2O3/c1-16(17-3-7-19(23)8-4-17)15-21(26)24-11-13-25(14-12-24)22(27)18-5-9-20(28-2)10-6-18/h3-10,16H,11-15H2,1-2H3. The molecule has 1 saturated heterocycles. The molecule has 1 aliphatic heterocycles. The molecule has 2 amide bonds. The van der Waals surface area contributed by atoms with Crippen LogP contribution in [0, 0.1) is 5.82 Å². The van der Waals surface area contributed by atoms with Crippen LogP contribution in [0.15, 0.2) is 48.5 Å². The molecule has 1 aliphatic rings. The molecule has 5 nitrogen and oxygen atoms in total. The summed E-state index contributed by atoms with van der Waals surface area (Å²) in [4.78, 5) is 28.8. The first-order valence-electron chi connectivity index (χ1n) is 9.44. The van der Waals surface area contributed by atoms with Gasteiger partial charge < -0.3 is 14.5 Å². The number of nitrogens with zero attached hydrogens (tertiary/aromatic N) is 2. The summed E-state index contributed by atoms with van der Waals surface area (Å²) >= 11 is 0. The van der Waals surface area contributed by atoms with Crippen LogP contribution < -0.4 is 4.74 Å². The van der Waals surface area contributed by atoms with Gasteiger partial charge >= 0.3 is 0 Å². The Hall–Kier alpha value is -2.89. The second-order valence-electron chi connectivity index (χ2n) is 7.06. The highest BCUT2D eigenvalue weighted by molar-refractivity contribution is 5.94. The van der Waals surface area contributed by atoms with Gasteiger partial charge in [-0.2, -0.15) is 0 Å². The Morgan fingerprint density at radius 2 is 1.54 bits per heavy atom. The van der Waals surface area contributed by atoms with Gasteiger partial charge in [-0.15, -0.1) is 0 Å². The van der Waals surface area contributed by atoms with Gasteiger partial charge in [0.2, 0.25) is 5.91 Å². The molecule has 0 aliphatic carbocycles. The van der Waals surface area contributed by atoms with Crippen molar-refractivity contribution in [3.05, 3.63) is 65.5 Å². The highest BCUT2D eigenvalue weighted by Crippen LogP contribution is 2.21. The molecule has 0 bridgehead atoms. The van der Waals surface area contributed by atoms with E-state index in [0.717, 1.165) is 5.56 Å². The van der Waals surface area contributed by atoms with Crippen LogP contribution in [-0.4, -0.2) is 54.9 Å². The van der Waals surface area contributed by atoms with Crippen LogP contribution in [0.3, 0.4) is 0 Å². The zero-order valence-corrected chi connectivity index (χ0v) is 16.2. The fourth-order valence-electron chi connectivity index (χ4n) is 3.38. The molecule has 0 radical (unpaired) electrons. The first-order chi connectivity index (χ1) is 13.5. The molecule has 1 unspecified atom stereocenters. The number of halogens is 1. The number of carbonyl (C=O) groups is 2. The summed E-state index contributed by atoms with van der Waals surface area (Å²) < 4.78 is 18.2. The van der Waals surface area contributed by atoms with E-state index in [1.807, 2.05) is 6.92 Å². The predicted octanol–water partition coefficient (Wildman–Crippen LogP) is 3.31. The fraction of sp³-hybridized carbons (Fsp3) is 0.364. The lowest BCUT2D eigenvalue weighted by Gasteiger charge is -2.35. The second kappa shape index (κ2) is 8.87. The number of amides is 2. The van der Waals surface area contributed by atoms with Crippen LogP contribution in [0.1, 0.15) is 35.2 Å². The van der Waals surface area contributed by atoms with Crippen molar-refractivity contribution in [2.24, 2.45) is 0 Å². The monoisotopic (exact) mass is 384 g/mol. The Bertz CT molecular complexity index is 813. The number of ether oxygens (including phenoxy) is 1. The van der Waals surface area contributed by atoms with Crippen molar-refractivity contribution in [1.82, 2.24) is 9.80 Å². The van der Waals surface area contributed by atoms with Crippen molar-refractivity contribution in [2.75, 3.05) is 33.3 Å². The van der Waals surface area contributed by atoms with E-state index in [9.17, 15) is 14.0 Å². The van der Waals surface area contributed by atoms with E-state index in [2.05, 4.69) is 0 Å². The molecular weight excluding hydrogens is 359 g/mol. The van der Waals surface area contributed by atoms with Crippen molar-refractivity contribution >= 4 is 11.8 Å². The van der Waals surface area contributed by atoms with Crippen LogP contribution in [0.4, 0.5) is 4.39 Å². The molecule has 0 saturated carbocycles. The van der Waals surface area contributed by atoms with E-state index in [1.54, 1.807) is 53.3 Å². The summed E-state index contributed by atoms with van der Waals surface area (Å²) in [7, 11) is 1.59. The number of benzene rings is 2. The molecule has 0 aromatic heterocycles. The second-order valence-corrected chi connectivity index (χ2v) is 7.06. The van der Waals surface area contributed by atoms with Crippen LogP contribution in [0.25, 0.3) is 0 Å². The molecule has 0 N–H and O–H groups in total. The van der Waals surface area contributed by atoms with Gasteiger partial charge in [0.25, 0.3) is 5.91 Å². The van der Waals surface area contributed by atoms with Gasteiger partial charge in [0, 0.05) is 38.2 Å². The molecule has 3 rings (SSSR count). The summed E-state index contributed by atoms with van der Waals surface area (Å²) in [5.41, 5.74) is 1.56. The molecule has 1 atom stereocenters. The smallest absolute Gasteiger partial charge is 0.253 e. The molecule has 0 spiro atoms. The van der Waals surface area contributed by atoms with E-state index < -0.39 is 0 Å². The highest BCUT2D eigenvalue weighted by Gasteiger charge is 2.25. The van der Waals surface area contributed by atoms with Crippen molar-refractivity contribution < 1.29 is 18.7 Å². The van der Waals surface area contributed by atoms with Gasteiger partial charge in [-0.05, 0) is 47.9 Å². The van der Waals surface area contributed by atoms with Gasteiger partial charge in [-0.3, -0.25) is 9.59 Å². The molecular formula is C22H25FN2O3. The molecule has 28 heavy (non-hydrogen) atoms. The molecule has 1 heterocycles.